The van der Waals surface area contributed by atoms with E-state index in [1.54, 1.807) is 19.2 Å². The van der Waals surface area contributed by atoms with Gasteiger partial charge in [-0.2, -0.15) is 4.31 Å². The number of ketones is 1. The molecule has 0 heterocycles. The van der Waals surface area contributed by atoms with Crippen LogP contribution in [-0.4, -0.2) is 31.6 Å². The van der Waals surface area contributed by atoms with Gasteiger partial charge in [-0.3, -0.25) is 4.79 Å². The van der Waals surface area contributed by atoms with Crippen molar-refractivity contribution in [3.8, 4) is 0 Å². The normalized spacial score (nSPS) is 13.6. The fourth-order valence-electron chi connectivity index (χ4n) is 1.54. The second kappa shape index (κ2) is 5.63. The third kappa shape index (κ3) is 2.97. The Bertz CT molecular complexity index is 537. The summed E-state index contributed by atoms with van der Waals surface area (Å²) in [5.74, 6) is -0.141. The summed E-state index contributed by atoms with van der Waals surface area (Å²) in [6.45, 7) is 5.21. The molecule has 0 aliphatic carbocycles. The van der Waals surface area contributed by atoms with Gasteiger partial charge in [0.1, 0.15) is 0 Å². The van der Waals surface area contributed by atoms with Crippen LogP contribution in [0.3, 0.4) is 0 Å². The number of nitrogens with zero attached hydrogens (tertiary/aromatic N) is 1. The highest BCUT2D eigenvalue weighted by Gasteiger charge is 2.24. The van der Waals surface area contributed by atoms with Crippen molar-refractivity contribution in [1.82, 2.24) is 4.31 Å². The van der Waals surface area contributed by atoms with Gasteiger partial charge in [-0.25, -0.2) is 8.42 Å². The van der Waals surface area contributed by atoms with Crippen LogP contribution in [0.2, 0.25) is 0 Å². The minimum Gasteiger partial charge on any atom is -0.295 e. The maximum Gasteiger partial charge on any atom is 0.243 e. The van der Waals surface area contributed by atoms with E-state index in [0.717, 1.165) is 6.42 Å². The minimum absolute atomic E-state index is 0.0732. The zero-order chi connectivity index (χ0) is 13.9. The van der Waals surface area contributed by atoms with Crippen molar-refractivity contribution in [3.63, 3.8) is 0 Å². The molecular weight excluding hydrogens is 250 g/mol. The molecule has 0 bridgehead atoms. The van der Waals surface area contributed by atoms with Crippen LogP contribution in [0.4, 0.5) is 0 Å². The molecule has 0 N–H and O–H groups in total. The molecule has 0 radical (unpaired) electrons. The number of sulfonamides is 1. The number of carbonyl (C=O) groups is 1. The third-order valence-electron chi connectivity index (χ3n) is 3.13. The Balaban J connectivity index is 3.20. The standard InChI is InChI=1S/C13H19NO3S/c1-5-10(2)14(4)18(16,17)13-8-6-7-12(9-13)11(3)15/h6-10H,5H2,1-4H3. The van der Waals surface area contributed by atoms with Crippen LogP contribution in [0, 0.1) is 0 Å². The fraction of sp³-hybridized carbons (Fsp3) is 0.462. The van der Waals surface area contributed by atoms with Crippen LogP contribution in [0.5, 0.6) is 0 Å². The van der Waals surface area contributed by atoms with Crippen LogP contribution in [-0.2, 0) is 10.0 Å². The molecule has 100 valence electrons. The molecule has 1 aromatic rings. The molecule has 5 heteroatoms. The first kappa shape index (κ1) is 14.9. The monoisotopic (exact) mass is 269 g/mol. The van der Waals surface area contributed by atoms with Crippen LogP contribution in [0.1, 0.15) is 37.6 Å². The van der Waals surface area contributed by atoms with E-state index in [0.29, 0.717) is 5.56 Å². The second-order valence-electron chi connectivity index (χ2n) is 4.36. The molecular formula is C13H19NO3S. The van der Waals surface area contributed by atoms with Gasteiger partial charge in [0, 0.05) is 18.7 Å². The average molecular weight is 269 g/mol. The quantitative estimate of drug-likeness (QED) is 0.771. The van der Waals surface area contributed by atoms with Crippen LogP contribution in [0.15, 0.2) is 29.2 Å². The van der Waals surface area contributed by atoms with E-state index in [1.165, 1.54) is 23.4 Å². The summed E-state index contributed by atoms with van der Waals surface area (Å²) < 4.78 is 26.0. The van der Waals surface area contributed by atoms with Crippen molar-refractivity contribution in [2.45, 2.75) is 38.1 Å². The predicted molar refractivity (Wildman–Crippen MR) is 71.1 cm³/mol. The predicted octanol–water partition coefficient (Wildman–Crippen LogP) is 2.31. The number of Topliss-reactive ketones (excluding diaryl/α,β-unsaturated/α-hetero) is 1. The maximum absolute atomic E-state index is 12.3. The molecule has 0 saturated heterocycles. The van der Waals surface area contributed by atoms with Gasteiger partial charge in [0.15, 0.2) is 5.78 Å². The Kier molecular flexibility index (Phi) is 4.65. The number of hydrogen-bond acceptors (Lipinski definition) is 3. The lowest BCUT2D eigenvalue weighted by atomic mass is 10.2. The van der Waals surface area contributed by atoms with Crippen molar-refractivity contribution < 1.29 is 13.2 Å². The molecule has 18 heavy (non-hydrogen) atoms. The van der Waals surface area contributed by atoms with Crippen molar-refractivity contribution in [2.75, 3.05) is 7.05 Å². The maximum atomic E-state index is 12.3. The van der Waals surface area contributed by atoms with E-state index in [4.69, 9.17) is 0 Å². The highest BCUT2D eigenvalue weighted by Crippen LogP contribution is 2.19. The Morgan fingerprint density at radius 1 is 1.39 bits per heavy atom. The zero-order valence-electron chi connectivity index (χ0n) is 11.2. The van der Waals surface area contributed by atoms with E-state index in [-0.39, 0.29) is 16.7 Å². The van der Waals surface area contributed by atoms with Gasteiger partial charge in [0.05, 0.1) is 4.90 Å². The van der Waals surface area contributed by atoms with E-state index in [1.807, 2.05) is 13.8 Å². The van der Waals surface area contributed by atoms with E-state index < -0.39 is 10.0 Å². The molecule has 0 spiro atoms. The van der Waals surface area contributed by atoms with Crippen LogP contribution < -0.4 is 0 Å². The Morgan fingerprint density at radius 3 is 2.50 bits per heavy atom. The van der Waals surface area contributed by atoms with Gasteiger partial charge in [0.2, 0.25) is 10.0 Å². The summed E-state index contributed by atoms with van der Waals surface area (Å²) in [5.41, 5.74) is 0.411. The van der Waals surface area contributed by atoms with Gasteiger partial charge in [0.25, 0.3) is 0 Å². The number of carbonyl (C=O) groups excluding carboxylic acids is 1. The first-order chi connectivity index (χ1) is 8.30. The highest BCUT2D eigenvalue weighted by molar-refractivity contribution is 7.89. The smallest absolute Gasteiger partial charge is 0.243 e. The van der Waals surface area contributed by atoms with E-state index >= 15 is 0 Å². The van der Waals surface area contributed by atoms with Gasteiger partial charge in [-0.1, -0.05) is 19.1 Å². The minimum atomic E-state index is -3.53. The molecule has 0 amide bonds. The first-order valence-electron chi connectivity index (χ1n) is 5.89. The van der Waals surface area contributed by atoms with Crippen molar-refractivity contribution in [3.05, 3.63) is 29.8 Å². The molecule has 1 atom stereocenters. The van der Waals surface area contributed by atoms with Crippen LogP contribution >= 0.6 is 0 Å². The number of benzene rings is 1. The Morgan fingerprint density at radius 2 is 2.00 bits per heavy atom. The van der Waals surface area contributed by atoms with E-state index in [2.05, 4.69) is 0 Å². The molecule has 1 aromatic carbocycles. The van der Waals surface area contributed by atoms with Gasteiger partial charge in [-0.15, -0.1) is 0 Å². The molecule has 0 fully saturated rings. The lowest BCUT2D eigenvalue weighted by Crippen LogP contribution is -2.34. The highest BCUT2D eigenvalue weighted by atomic mass is 32.2. The largest absolute Gasteiger partial charge is 0.295 e. The summed E-state index contributed by atoms with van der Waals surface area (Å²) in [5, 5.41) is 0. The van der Waals surface area contributed by atoms with Crippen molar-refractivity contribution in [1.29, 1.82) is 0 Å². The van der Waals surface area contributed by atoms with Crippen molar-refractivity contribution >= 4 is 15.8 Å². The molecule has 0 aliphatic rings. The van der Waals surface area contributed by atoms with Crippen molar-refractivity contribution in [2.24, 2.45) is 0 Å². The number of hydrogen-bond donors (Lipinski definition) is 0. The van der Waals surface area contributed by atoms with Gasteiger partial charge in [-0.05, 0) is 32.4 Å². The fourth-order valence-corrected chi connectivity index (χ4v) is 3.02. The second-order valence-corrected chi connectivity index (χ2v) is 6.36. The average Bonchev–Trinajstić information content (AvgIpc) is 2.36. The lowest BCUT2D eigenvalue weighted by Gasteiger charge is -2.23. The lowest BCUT2D eigenvalue weighted by molar-refractivity contribution is 0.101. The molecule has 0 aliphatic heterocycles. The van der Waals surface area contributed by atoms with Gasteiger partial charge >= 0.3 is 0 Å². The Hall–Kier alpha value is -1.20. The molecule has 0 aromatic heterocycles. The summed E-state index contributed by atoms with van der Waals surface area (Å²) in [6, 6.07) is 6.08. The molecule has 1 rings (SSSR count). The third-order valence-corrected chi connectivity index (χ3v) is 5.10. The van der Waals surface area contributed by atoms with E-state index in [9.17, 15) is 13.2 Å². The summed E-state index contributed by atoms with van der Waals surface area (Å²) in [4.78, 5) is 11.4. The first-order valence-corrected chi connectivity index (χ1v) is 7.33. The summed E-state index contributed by atoms with van der Waals surface area (Å²) in [7, 11) is -1.97. The number of rotatable bonds is 5. The summed E-state index contributed by atoms with van der Waals surface area (Å²) in [6.07, 6.45) is 0.738. The topological polar surface area (TPSA) is 54.5 Å². The molecule has 4 nitrogen and oxygen atoms in total. The molecule has 1 unspecified atom stereocenters. The Labute approximate surface area is 109 Å². The zero-order valence-corrected chi connectivity index (χ0v) is 12.0. The molecule has 0 saturated carbocycles. The SMILES string of the molecule is CCC(C)N(C)S(=O)(=O)c1cccc(C(C)=O)c1. The summed E-state index contributed by atoms with van der Waals surface area (Å²) >= 11 is 0. The van der Waals surface area contributed by atoms with Gasteiger partial charge < -0.3 is 0 Å². The van der Waals surface area contributed by atoms with Crippen LogP contribution in [0.25, 0.3) is 0 Å².